The molecule has 2 nitrogen and oxygen atoms in total. The molecule has 0 unspecified atom stereocenters. The fraction of sp³-hybridized carbons (Fsp3) is 0.417. The van der Waals surface area contributed by atoms with Crippen LogP contribution in [-0.2, 0) is 6.18 Å². The molecule has 0 amide bonds. The van der Waals surface area contributed by atoms with E-state index in [-0.39, 0.29) is 6.04 Å². The fourth-order valence-corrected chi connectivity index (χ4v) is 1.80. The van der Waals surface area contributed by atoms with Gasteiger partial charge in [-0.05, 0) is 56.8 Å². The van der Waals surface area contributed by atoms with Gasteiger partial charge in [-0.3, -0.25) is 0 Å². The van der Waals surface area contributed by atoms with Gasteiger partial charge < -0.3 is 10.6 Å². The molecule has 1 rings (SSSR count). The second-order valence-electron chi connectivity index (χ2n) is 4.34. The van der Waals surface area contributed by atoms with Crippen molar-refractivity contribution in [2.45, 2.75) is 33.0 Å². The molecule has 0 saturated carbocycles. The molecule has 1 aromatic carbocycles. The van der Waals surface area contributed by atoms with Crippen LogP contribution in [-0.4, -0.2) is 11.2 Å². The summed E-state index contributed by atoms with van der Waals surface area (Å²) in [5.41, 5.74) is 0.178. The van der Waals surface area contributed by atoms with Crippen molar-refractivity contribution < 1.29 is 13.2 Å². The van der Waals surface area contributed by atoms with E-state index >= 15 is 0 Å². The van der Waals surface area contributed by atoms with Crippen molar-refractivity contribution in [1.82, 2.24) is 5.32 Å². The van der Waals surface area contributed by atoms with E-state index in [1.165, 1.54) is 0 Å². The third kappa shape index (κ3) is 4.52. The van der Waals surface area contributed by atoms with E-state index in [2.05, 4.69) is 10.6 Å². The normalized spacial score (nSPS) is 11.5. The number of benzene rings is 1. The predicted octanol–water partition coefficient (Wildman–Crippen LogP) is 3.71. The van der Waals surface area contributed by atoms with Gasteiger partial charge in [0.25, 0.3) is 0 Å². The lowest BCUT2D eigenvalue weighted by Gasteiger charge is -2.15. The van der Waals surface area contributed by atoms with Crippen LogP contribution in [0.1, 0.15) is 25.0 Å². The molecule has 0 spiro atoms. The number of thiocarbonyl (C=S) groups is 1. The van der Waals surface area contributed by atoms with Crippen LogP contribution in [0.3, 0.4) is 0 Å². The largest absolute Gasteiger partial charge is 0.416 e. The SMILES string of the molecule is Cc1cc(NC(=S)NC(C)C)cc(C(F)(F)F)c1. The molecule has 2 N–H and O–H groups in total. The summed E-state index contributed by atoms with van der Waals surface area (Å²) in [6.07, 6.45) is -4.35. The molecule has 0 heterocycles. The van der Waals surface area contributed by atoms with Gasteiger partial charge in [0.1, 0.15) is 0 Å². The summed E-state index contributed by atoms with van der Waals surface area (Å²) in [5, 5.41) is 5.96. The van der Waals surface area contributed by atoms with Crippen molar-refractivity contribution in [3.8, 4) is 0 Å². The third-order valence-electron chi connectivity index (χ3n) is 2.08. The topological polar surface area (TPSA) is 24.1 Å². The van der Waals surface area contributed by atoms with Crippen LogP contribution in [0.4, 0.5) is 18.9 Å². The van der Waals surface area contributed by atoms with Crippen LogP contribution in [0.5, 0.6) is 0 Å². The maximum absolute atomic E-state index is 12.6. The van der Waals surface area contributed by atoms with Crippen LogP contribution in [0.2, 0.25) is 0 Å². The summed E-state index contributed by atoms with van der Waals surface area (Å²) in [4.78, 5) is 0. The monoisotopic (exact) mass is 276 g/mol. The van der Waals surface area contributed by atoms with Crippen LogP contribution < -0.4 is 10.6 Å². The van der Waals surface area contributed by atoms with Gasteiger partial charge in [-0.1, -0.05) is 0 Å². The van der Waals surface area contributed by atoms with Crippen molar-refractivity contribution in [2.75, 3.05) is 5.32 Å². The molecule has 0 fully saturated rings. The van der Waals surface area contributed by atoms with E-state index in [1.54, 1.807) is 13.0 Å². The van der Waals surface area contributed by atoms with E-state index < -0.39 is 11.7 Å². The third-order valence-corrected chi connectivity index (χ3v) is 2.30. The molecule has 18 heavy (non-hydrogen) atoms. The Balaban J connectivity index is 2.90. The number of alkyl halides is 3. The molecule has 1 aromatic rings. The van der Waals surface area contributed by atoms with Crippen LogP contribution >= 0.6 is 12.2 Å². The predicted molar refractivity (Wildman–Crippen MR) is 70.7 cm³/mol. The minimum absolute atomic E-state index is 0.122. The van der Waals surface area contributed by atoms with Gasteiger partial charge in [-0.2, -0.15) is 13.2 Å². The molecule has 0 saturated heterocycles. The van der Waals surface area contributed by atoms with Crippen molar-refractivity contribution in [2.24, 2.45) is 0 Å². The highest BCUT2D eigenvalue weighted by Gasteiger charge is 2.30. The Morgan fingerprint density at radius 1 is 1.22 bits per heavy atom. The van der Waals surface area contributed by atoms with Crippen LogP contribution in [0.25, 0.3) is 0 Å². The Labute approximate surface area is 110 Å². The van der Waals surface area contributed by atoms with Gasteiger partial charge in [-0.15, -0.1) is 0 Å². The Morgan fingerprint density at radius 3 is 2.33 bits per heavy atom. The minimum atomic E-state index is -4.35. The molecule has 0 radical (unpaired) electrons. The summed E-state index contributed by atoms with van der Waals surface area (Å²) in [6, 6.07) is 3.88. The van der Waals surface area contributed by atoms with Gasteiger partial charge in [0, 0.05) is 11.7 Å². The second kappa shape index (κ2) is 5.56. The van der Waals surface area contributed by atoms with Crippen molar-refractivity contribution in [1.29, 1.82) is 0 Å². The lowest BCUT2D eigenvalue weighted by atomic mass is 10.1. The first-order valence-electron chi connectivity index (χ1n) is 5.45. The minimum Gasteiger partial charge on any atom is -0.360 e. The number of rotatable bonds is 2. The number of hydrogen-bond acceptors (Lipinski definition) is 1. The van der Waals surface area contributed by atoms with Crippen LogP contribution in [0, 0.1) is 6.92 Å². The number of anilines is 1. The zero-order valence-corrected chi connectivity index (χ0v) is 11.2. The maximum atomic E-state index is 12.6. The van der Waals surface area contributed by atoms with E-state index in [4.69, 9.17) is 12.2 Å². The summed E-state index contributed by atoms with van der Waals surface area (Å²) < 4.78 is 37.9. The number of nitrogens with one attached hydrogen (secondary N) is 2. The second-order valence-corrected chi connectivity index (χ2v) is 4.75. The highest BCUT2D eigenvalue weighted by Crippen LogP contribution is 2.31. The summed E-state index contributed by atoms with van der Waals surface area (Å²) in [7, 11) is 0. The molecule has 0 aliphatic carbocycles. The average Bonchev–Trinajstić information content (AvgIpc) is 2.13. The smallest absolute Gasteiger partial charge is 0.360 e. The van der Waals surface area contributed by atoms with Gasteiger partial charge in [0.05, 0.1) is 5.56 Å². The first-order chi connectivity index (χ1) is 8.18. The fourth-order valence-electron chi connectivity index (χ4n) is 1.45. The van der Waals surface area contributed by atoms with E-state index in [1.807, 2.05) is 13.8 Å². The summed E-state index contributed by atoms with van der Waals surface area (Å²) in [5.74, 6) is 0. The van der Waals surface area contributed by atoms with E-state index in [9.17, 15) is 13.2 Å². The van der Waals surface area contributed by atoms with Gasteiger partial charge in [-0.25, -0.2) is 0 Å². The van der Waals surface area contributed by atoms with Crippen LogP contribution in [0.15, 0.2) is 18.2 Å². The molecule has 6 heteroatoms. The molecule has 100 valence electrons. The van der Waals surface area contributed by atoms with Gasteiger partial charge in [0.2, 0.25) is 0 Å². The molecular formula is C12H15F3N2S. The summed E-state index contributed by atoms with van der Waals surface area (Å²) >= 11 is 4.99. The highest BCUT2D eigenvalue weighted by atomic mass is 32.1. The number of aryl methyl sites for hydroxylation is 1. The van der Waals surface area contributed by atoms with E-state index in [0.29, 0.717) is 16.4 Å². The van der Waals surface area contributed by atoms with Crippen molar-refractivity contribution in [3.05, 3.63) is 29.3 Å². The molecule has 0 aliphatic heterocycles. The first kappa shape index (κ1) is 14.8. The van der Waals surface area contributed by atoms with Crippen molar-refractivity contribution in [3.63, 3.8) is 0 Å². The average molecular weight is 276 g/mol. The first-order valence-corrected chi connectivity index (χ1v) is 5.85. The number of hydrogen-bond donors (Lipinski definition) is 2. The zero-order chi connectivity index (χ0) is 13.9. The van der Waals surface area contributed by atoms with Gasteiger partial charge in [0.15, 0.2) is 5.11 Å². The Bertz CT molecular complexity index is 441. The molecule has 0 atom stereocenters. The molecule has 0 bridgehead atoms. The molecule has 0 aliphatic rings. The van der Waals surface area contributed by atoms with Gasteiger partial charge >= 0.3 is 6.18 Å². The summed E-state index contributed by atoms with van der Waals surface area (Å²) in [6.45, 7) is 5.40. The molecular weight excluding hydrogens is 261 g/mol. The Hall–Kier alpha value is -1.30. The quantitative estimate of drug-likeness (QED) is 0.805. The zero-order valence-electron chi connectivity index (χ0n) is 10.4. The van der Waals surface area contributed by atoms with Crippen molar-refractivity contribution >= 4 is 23.0 Å². The Morgan fingerprint density at radius 2 is 1.83 bits per heavy atom. The number of halogens is 3. The standard InChI is InChI=1S/C12H15F3N2S/c1-7(2)16-11(18)17-10-5-8(3)4-9(6-10)12(13,14)15/h4-7H,1-3H3,(H2,16,17,18). The maximum Gasteiger partial charge on any atom is 0.416 e. The highest BCUT2D eigenvalue weighted by molar-refractivity contribution is 7.80. The molecule has 0 aromatic heterocycles. The van der Waals surface area contributed by atoms with E-state index in [0.717, 1.165) is 12.1 Å². The Kier molecular flexibility index (Phi) is 4.56. The lowest BCUT2D eigenvalue weighted by Crippen LogP contribution is -2.33. The lowest BCUT2D eigenvalue weighted by molar-refractivity contribution is -0.137.